The third-order valence-corrected chi connectivity index (χ3v) is 9.74. The molecule has 2 aromatic rings. The summed E-state index contributed by atoms with van der Waals surface area (Å²) in [5.41, 5.74) is 1.39. The molecule has 0 unspecified atom stereocenters. The first-order valence-corrected chi connectivity index (χ1v) is 14.5. The number of nitro groups is 1. The van der Waals surface area contributed by atoms with Crippen molar-refractivity contribution >= 4 is 68.1 Å². The molecular weight excluding hydrogens is 537 g/mol. The van der Waals surface area contributed by atoms with Crippen LogP contribution in [0.4, 0.5) is 5.69 Å². The second kappa shape index (κ2) is 12.4. The molecule has 0 atom stereocenters. The molecule has 192 valence electrons. The Hall–Kier alpha value is -2.09. The summed E-state index contributed by atoms with van der Waals surface area (Å²) in [5, 5.41) is 19.4. The lowest BCUT2D eigenvalue weighted by molar-refractivity contribution is -0.384. The maximum absolute atomic E-state index is 13.8. The summed E-state index contributed by atoms with van der Waals surface area (Å²) in [6.45, 7) is 5.40. The van der Waals surface area contributed by atoms with E-state index < -0.39 is 9.51 Å². The number of rotatable bonds is 6. The molecule has 13 heteroatoms. The van der Waals surface area contributed by atoms with E-state index in [1.54, 1.807) is 19.1 Å². The van der Waals surface area contributed by atoms with Crippen molar-refractivity contribution in [2.45, 2.75) is 50.0 Å². The van der Waals surface area contributed by atoms with Crippen molar-refractivity contribution in [2.24, 2.45) is 0 Å². The van der Waals surface area contributed by atoms with Gasteiger partial charge >= 0.3 is 0 Å². The minimum atomic E-state index is -0.574. The van der Waals surface area contributed by atoms with Gasteiger partial charge in [-0.25, -0.2) is 4.68 Å². The molecule has 1 aromatic heterocycles. The predicted octanol–water partition coefficient (Wildman–Crippen LogP) is 5.00. The largest absolute Gasteiger partial charge is 0.357 e. The second-order valence-electron chi connectivity index (χ2n) is 8.77. The van der Waals surface area contributed by atoms with E-state index >= 15 is 0 Å². The molecule has 2 aliphatic rings. The molecule has 2 saturated heterocycles. The van der Waals surface area contributed by atoms with Crippen LogP contribution in [0.1, 0.15) is 54.7 Å². The Bertz CT molecular complexity index is 1100. The van der Waals surface area contributed by atoms with Crippen molar-refractivity contribution in [2.75, 3.05) is 26.2 Å². The number of non-ortho nitro benzene ring substituents is 1. The normalized spacial score (nSPS) is 16.3. The molecular formula is C23H28N6O3S4. The number of aromatic nitrogens is 3. The van der Waals surface area contributed by atoms with Gasteiger partial charge in [0, 0.05) is 38.3 Å². The fourth-order valence-corrected chi connectivity index (χ4v) is 7.76. The van der Waals surface area contributed by atoms with E-state index in [4.69, 9.17) is 24.4 Å². The number of nitrogens with zero attached hydrogens (tertiary/aromatic N) is 6. The van der Waals surface area contributed by atoms with Crippen LogP contribution in [0.15, 0.2) is 24.3 Å². The van der Waals surface area contributed by atoms with E-state index in [9.17, 15) is 14.9 Å². The van der Waals surface area contributed by atoms with E-state index in [0.29, 0.717) is 20.0 Å². The number of thiocarbonyl (C=S) groups is 2. The highest BCUT2D eigenvalue weighted by Crippen LogP contribution is 2.33. The van der Waals surface area contributed by atoms with Crippen LogP contribution >= 0.6 is 48.0 Å². The van der Waals surface area contributed by atoms with E-state index in [2.05, 4.69) is 20.1 Å². The fraction of sp³-hybridized carbons (Fsp3) is 0.522. The number of hydrogen-bond acceptors (Lipinski definition) is 9. The lowest BCUT2D eigenvalue weighted by Crippen LogP contribution is -2.36. The van der Waals surface area contributed by atoms with Gasteiger partial charge in [0.15, 0.2) is 5.69 Å². The number of carbonyl (C=O) groups excluding carboxylic acids is 1. The van der Waals surface area contributed by atoms with Gasteiger partial charge < -0.3 is 9.80 Å². The van der Waals surface area contributed by atoms with Gasteiger partial charge in [-0.15, -0.1) is 5.10 Å². The topological polar surface area (TPSA) is 97.4 Å². The molecule has 0 spiro atoms. The molecule has 9 nitrogen and oxygen atoms in total. The summed E-state index contributed by atoms with van der Waals surface area (Å²) >= 11 is 14.2. The van der Waals surface area contributed by atoms with Crippen molar-refractivity contribution < 1.29 is 9.72 Å². The minimum Gasteiger partial charge on any atom is -0.357 e. The quantitative estimate of drug-likeness (QED) is 0.156. The number of Topliss-reactive ketones (excluding diaryl/α,β-unsaturated/α-hetero) is 1. The summed E-state index contributed by atoms with van der Waals surface area (Å²) in [7, 11) is 0. The van der Waals surface area contributed by atoms with Crippen LogP contribution in [0.3, 0.4) is 0 Å². The Labute approximate surface area is 229 Å². The lowest BCUT2D eigenvalue weighted by Gasteiger charge is -2.32. The molecule has 2 fully saturated rings. The summed E-state index contributed by atoms with van der Waals surface area (Å²) in [6, 6.07) is 5.99. The van der Waals surface area contributed by atoms with Crippen molar-refractivity contribution in [3.63, 3.8) is 0 Å². The molecule has 0 bridgehead atoms. The number of thioether (sulfide) groups is 2. The first kappa shape index (κ1) is 27.0. The number of nitro benzene ring substituents is 1. The van der Waals surface area contributed by atoms with Crippen LogP contribution in [-0.2, 0) is 0 Å². The van der Waals surface area contributed by atoms with E-state index in [1.807, 2.05) is 0 Å². The molecule has 0 saturated carbocycles. The Kier molecular flexibility index (Phi) is 9.31. The number of ketones is 1. The average molecular weight is 565 g/mol. The molecule has 0 radical (unpaired) electrons. The van der Waals surface area contributed by atoms with Gasteiger partial charge in [-0.1, -0.05) is 53.2 Å². The van der Waals surface area contributed by atoms with Crippen molar-refractivity contribution in [3.8, 4) is 5.69 Å². The number of carbonyl (C=O) groups is 1. The SMILES string of the molecule is Cc1c(C(=O)C(SC(=S)N2CCCCC2)SC(=S)N2CCCCC2)nnn1-c1ccc([N+](=O)[O-])cc1. The van der Waals surface area contributed by atoms with Gasteiger partial charge in [0.2, 0.25) is 5.78 Å². The van der Waals surface area contributed by atoms with Crippen molar-refractivity contribution in [1.29, 1.82) is 0 Å². The van der Waals surface area contributed by atoms with Crippen LogP contribution in [0, 0.1) is 17.0 Å². The van der Waals surface area contributed by atoms with E-state index in [-0.39, 0.29) is 17.2 Å². The molecule has 4 rings (SSSR count). The molecule has 2 aliphatic heterocycles. The summed E-state index contributed by atoms with van der Waals surface area (Å²) in [4.78, 5) is 28.7. The van der Waals surface area contributed by atoms with E-state index in [0.717, 1.165) is 51.9 Å². The molecule has 0 amide bonds. The Morgan fingerprint density at radius 1 is 0.944 bits per heavy atom. The van der Waals surface area contributed by atoms with E-state index in [1.165, 1.54) is 53.2 Å². The highest BCUT2D eigenvalue weighted by Gasteiger charge is 2.32. The van der Waals surface area contributed by atoms with Gasteiger partial charge in [0.1, 0.15) is 13.2 Å². The first-order valence-electron chi connectivity index (χ1n) is 12.0. The summed E-state index contributed by atoms with van der Waals surface area (Å²) in [5.74, 6) is -0.186. The fourth-order valence-electron chi connectivity index (χ4n) is 4.25. The maximum Gasteiger partial charge on any atom is 0.269 e. The average Bonchev–Trinajstić information content (AvgIpc) is 3.29. The van der Waals surface area contributed by atoms with Gasteiger partial charge in [-0.05, 0) is 57.6 Å². The van der Waals surface area contributed by atoms with Gasteiger partial charge in [0.25, 0.3) is 5.69 Å². The molecule has 1 aromatic carbocycles. The Morgan fingerprint density at radius 3 is 1.92 bits per heavy atom. The van der Waals surface area contributed by atoms with Crippen LogP contribution in [-0.4, -0.2) is 74.9 Å². The van der Waals surface area contributed by atoms with Gasteiger partial charge in [0.05, 0.1) is 16.3 Å². The summed E-state index contributed by atoms with van der Waals surface area (Å²) in [6.07, 6.45) is 6.79. The first-order chi connectivity index (χ1) is 17.3. The smallest absolute Gasteiger partial charge is 0.269 e. The van der Waals surface area contributed by atoms with Crippen LogP contribution in [0.5, 0.6) is 0 Å². The molecule has 3 heterocycles. The zero-order valence-corrected chi connectivity index (χ0v) is 23.3. The van der Waals surface area contributed by atoms with Crippen LogP contribution in [0.2, 0.25) is 0 Å². The summed E-state index contributed by atoms with van der Waals surface area (Å²) < 4.78 is 2.37. The predicted molar refractivity (Wildman–Crippen MR) is 152 cm³/mol. The third-order valence-electron chi connectivity index (χ3n) is 6.29. The number of hydrogen-bond donors (Lipinski definition) is 0. The molecule has 0 N–H and O–H groups in total. The Morgan fingerprint density at radius 2 is 1.44 bits per heavy atom. The highest BCUT2D eigenvalue weighted by atomic mass is 32.2. The third kappa shape index (κ3) is 6.42. The minimum absolute atomic E-state index is 0.0156. The van der Waals surface area contributed by atoms with Crippen LogP contribution in [0.25, 0.3) is 5.69 Å². The second-order valence-corrected chi connectivity index (χ2v) is 12.5. The van der Waals surface area contributed by atoms with Crippen molar-refractivity contribution in [1.82, 2.24) is 24.8 Å². The Balaban J connectivity index is 1.55. The highest BCUT2D eigenvalue weighted by molar-refractivity contribution is 8.37. The van der Waals surface area contributed by atoms with Crippen LogP contribution < -0.4 is 0 Å². The lowest BCUT2D eigenvalue weighted by atomic mass is 10.1. The maximum atomic E-state index is 13.8. The molecule has 0 aliphatic carbocycles. The van der Waals surface area contributed by atoms with Crippen molar-refractivity contribution in [3.05, 3.63) is 45.8 Å². The molecule has 36 heavy (non-hydrogen) atoms. The standard InChI is InChI=1S/C23H28N6O3S4/c1-16-19(24-25-28(16)17-8-10-18(11-9-17)29(31)32)20(30)21(35-22(33)26-12-4-2-5-13-26)36-23(34)27-14-6-3-7-15-27/h8-11,21H,2-7,12-15H2,1H3. The number of likely N-dealkylation sites (tertiary alicyclic amines) is 2. The number of piperidine rings is 2. The van der Waals surface area contributed by atoms with Gasteiger partial charge in [-0.3, -0.25) is 14.9 Å². The van der Waals surface area contributed by atoms with Gasteiger partial charge in [-0.2, -0.15) is 0 Å². The zero-order chi connectivity index (χ0) is 25.7. The number of benzene rings is 1. The monoisotopic (exact) mass is 564 g/mol. The zero-order valence-electron chi connectivity index (χ0n) is 20.0.